The van der Waals surface area contributed by atoms with Crippen molar-refractivity contribution < 1.29 is 13.9 Å². The van der Waals surface area contributed by atoms with Gasteiger partial charge in [0.05, 0.1) is 19.3 Å². The summed E-state index contributed by atoms with van der Waals surface area (Å²) in [5, 5.41) is 3.17. The summed E-state index contributed by atoms with van der Waals surface area (Å²) >= 11 is 0. The summed E-state index contributed by atoms with van der Waals surface area (Å²) in [4.78, 5) is 11.4. The third-order valence-corrected chi connectivity index (χ3v) is 2.63. The molecule has 4 nitrogen and oxygen atoms in total. The molecule has 4 heteroatoms. The third kappa shape index (κ3) is 1.53. The maximum absolute atomic E-state index is 11.4. The van der Waals surface area contributed by atoms with Gasteiger partial charge in [-0.2, -0.15) is 0 Å². The maximum atomic E-state index is 11.4. The molecular weight excluding hydrogens is 182 g/mol. The van der Waals surface area contributed by atoms with Gasteiger partial charge in [-0.25, -0.2) is 0 Å². The average molecular weight is 195 g/mol. The molecule has 0 aliphatic carbocycles. The van der Waals surface area contributed by atoms with E-state index in [1.165, 1.54) is 7.11 Å². The number of hydrogen-bond donors (Lipinski definition) is 1. The van der Waals surface area contributed by atoms with Crippen LogP contribution in [0.2, 0.25) is 0 Å². The summed E-state index contributed by atoms with van der Waals surface area (Å²) in [5.74, 6) is 0.672. The van der Waals surface area contributed by atoms with Crippen molar-refractivity contribution in [1.29, 1.82) is 0 Å². The monoisotopic (exact) mass is 195 g/mol. The Balaban J connectivity index is 2.15. The highest BCUT2D eigenvalue weighted by molar-refractivity contribution is 5.74. The quantitative estimate of drug-likeness (QED) is 0.708. The number of methoxy groups -OCH3 is 1. The van der Waals surface area contributed by atoms with Crippen LogP contribution in [0.15, 0.2) is 22.8 Å². The topological polar surface area (TPSA) is 51.5 Å². The van der Waals surface area contributed by atoms with Gasteiger partial charge in [-0.3, -0.25) is 4.79 Å². The SMILES string of the molecule is COC(=O)[C@H]1CNC[C@H]1c1ccco1. The highest BCUT2D eigenvalue weighted by Gasteiger charge is 2.36. The first kappa shape index (κ1) is 9.27. The van der Waals surface area contributed by atoms with E-state index in [9.17, 15) is 4.79 Å². The summed E-state index contributed by atoms with van der Waals surface area (Å²) in [7, 11) is 1.42. The van der Waals surface area contributed by atoms with Crippen molar-refractivity contribution in [3.8, 4) is 0 Å². The molecule has 2 atom stereocenters. The van der Waals surface area contributed by atoms with Crippen LogP contribution in [0, 0.1) is 5.92 Å². The molecule has 0 radical (unpaired) electrons. The van der Waals surface area contributed by atoms with Gasteiger partial charge in [-0.05, 0) is 12.1 Å². The molecule has 0 spiro atoms. The fraction of sp³-hybridized carbons (Fsp3) is 0.500. The highest BCUT2D eigenvalue weighted by atomic mass is 16.5. The van der Waals surface area contributed by atoms with Crippen LogP contribution in [-0.4, -0.2) is 26.2 Å². The summed E-state index contributed by atoms with van der Waals surface area (Å²) in [6, 6.07) is 3.73. The lowest BCUT2D eigenvalue weighted by Crippen LogP contribution is -2.22. The van der Waals surface area contributed by atoms with Gasteiger partial charge in [0.25, 0.3) is 0 Å². The standard InChI is InChI=1S/C10H13NO3/c1-13-10(12)8-6-11-5-7(8)9-3-2-4-14-9/h2-4,7-8,11H,5-6H2,1H3/t7-,8+/m1/s1. The zero-order chi connectivity index (χ0) is 9.97. The molecule has 2 rings (SSSR count). The molecule has 1 aromatic rings. The summed E-state index contributed by atoms with van der Waals surface area (Å²) in [6.07, 6.45) is 1.63. The minimum atomic E-state index is -0.170. The molecule has 1 aliphatic rings. The van der Waals surface area contributed by atoms with Gasteiger partial charge in [0.2, 0.25) is 0 Å². The van der Waals surface area contributed by atoms with E-state index >= 15 is 0 Å². The second kappa shape index (κ2) is 3.84. The Morgan fingerprint density at radius 1 is 1.64 bits per heavy atom. The van der Waals surface area contributed by atoms with E-state index in [0.29, 0.717) is 6.54 Å². The highest BCUT2D eigenvalue weighted by Crippen LogP contribution is 2.28. The zero-order valence-electron chi connectivity index (χ0n) is 8.03. The number of rotatable bonds is 2. The Hall–Kier alpha value is -1.29. The van der Waals surface area contributed by atoms with Crippen molar-refractivity contribution in [2.75, 3.05) is 20.2 Å². The molecule has 0 bridgehead atoms. The molecule has 1 saturated heterocycles. The van der Waals surface area contributed by atoms with E-state index in [-0.39, 0.29) is 17.8 Å². The number of carbonyl (C=O) groups excluding carboxylic acids is 1. The Morgan fingerprint density at radius 3 is 3.14 bits per heavy atom. The maximum Gasteiger partial charge on any atom is 0.310 e. The van der Waals surface area contributed by atoms with E-state index in [4.69, 9.17) is 9.15 Å². The first-order chi connectivity index (χ1) is 6.83. The Labute approximate surface area is 82.2 Å². The van der Waals surface area contributed by atoms with Crippen LogP contribution in [0.3, 0.4) is 0 Å². The molecular formula is C10H13NO3. The lowest BCUT2D eigenvalue weighted by Gasteiger charge is -2.13. The fourth-order valence-electron chi connectivity index (χ4n) is 1.88. The second-order valence-corrected chi connectivity index (χ2v) is 3.41. The van der Waals surface area contributed by atoms with E-state index in [2.05, 4.69) is 5.32 Å². The number of esters is 1. The van der Waals surface area contributed by atoms with E-state index in [0.717, 1.165) is 12.3 Å². The molecule has 0 unspecified atom stereocenters. The number of carbonyl (C=O) groups is 1. The van der Waals surface area contributed by atoms with Gasteiger partial charge in [0.1, 0.15) is 5.76 Å². The largest absolute Gasteiger partial charge is 0.469 e. The van der Waals surface area contributed by atoms with Crippen LogP contribution >= 0.6 is 0 Å². The smallest absolute Gasteiger partial charge is 0.310 e. The first-order valence-electron chi connectivity index (χ1n) is 4.65. The van der Waals surface area contributed by atoms with Crippen molar-refractivity contribution in [3.63, 3.8) is 0 Å². The summed E-state index contributed by atoms with van der Waals surface area (Å²) in [5.41, 5.74) is 0. The molecule has 0 aromatic carbocycles. The van der Waals surface area contributed by atoms with Crippen LogP contribution in [0.25, 0.3) is 0 Å². The minimum Gasteiger partial charge on any atom is -0.469 e. The summed E-state index contributed by atoms with van der Waals surface area (Å²) < 4.78 is 10.0. The van der Waals surface area contributed by atoms with E-state index in [1.54, 1.807) is 6.26 Å². The number of ether oxygens (including phenoxy) is 1. The van der Waals surface area contributed by atoms with Crippen molar-refractivity contribution in [1.82, 2.24) is 5.32 Å². The number of hydrogen-bond acceptors (Lipinski definition) is 4. The van der Waals surface area contributed by atoms with Gasteiger partial charge >= 0.3 is 5.97 Å². The van der Waals surface area contributed by atoms with Gasteiger partial charge in [-0.1, -0.05) is 0 Å². The lowest BCUT2D eigenvalue weighted by molar-refractivity contribution is -0.145. The molecule has 1 aromatic heterocycles. The normalized spacial score (nSPS) is 26.4. The second-order valence-electron chi connectivity index (χ2n) is 3.41. The first-order valence-corrected chi connectivity index (χ1v) is 4.65. The average Bonchev–Trinajstić information content (AvgIpc) is 2.85. The molecule has 0 saturated carbocycles. The van der Waals surface area contributed by atoms with Crippen LogP contribution in [-0.2, 0) is 9.53 Å². The van der Waals surface area contributed by atoms with Crippen LogP contribution in [0.4, 0.5) is 0 Å². The van der Waals surface area contributed by atoms with Crippen molar-refractivity contribution in [2.45, 2.75) is 5.92 Å². The Morgan fingerprint density at radius 2 is 2.50 bits per heavy atom. The zero-order valence-corrected chi connectivity index (χ0v) is 8.03. The third-order valence-electron chi connectivity index (χ3n) is 2.63. The van der Waals surface area contributed by atoms with E-state index in [1.807, 2.05) is 12.1 Å². The minimum absolute atomic E-state index is 0.109. The fourth-order valence-corrected chi connectivity index (χ4v) is 1.88. The van der Waals surface area contributed by atoms with Crippen molar-refractivity contribution in [3.05, 3.63) is 24.2 Å². The van der Waals surface area contributed by atoms with Gasteiger partial charge in [0, 0.05) is 19.0 Å². The summed E-state index contributed by atoms with van der Waals surface area (Å²) in [6.45, 7) is 1.44. The lowest BCUT2D eigenvalue weighted by atomic mass is 9.94. The number of furan rings is 1. The van der Waals surface area contributed by atoms with Gasteiger partial charge < -0.3 is 14.5 Å². The van der Waals surface area contributed by atoms with Gasteiger partial charge in [-0.15, -0.1) is 0 Å². The van der Waals surface area contributed by atoms with Gasteiger partial charge in [0.15, 0.2) is 0 Å². The molecule has 1 N–H and O–H groups in total. The van der Waals surface area contributed by atoms with Crippen LogP contribution in [0.1, 0.15) is 11.7 Å². The molecule has 0 amide bonds. The number of nitrogens with one attached hydrogen (secondary N) is 1. The predicted octanol–water partition coefficient (Wildman–Crippen LogP) is 0.756. The van der Waals surface area contributed by atoms with Crippen LogP contribution in [0.5, 0.6) is 0 Å². The Bertz CT molecular complexity index is 307. The van der Waals surface area contributed by atoms with Crippen molar-refractivity contribution >= 4 is 5.97 Å². The molecule has 1 fully saturated rings. The molecule has 14 heavy (non-hydrogen) atoms. The Kier molecular flexibility index (Phi) is 2.54. The predicted molar refractivity (Wildman–Crippen MR) is 49.8 cm³/mol. The van der Waals surface area contributed by atoms with Crippen LogP contribution < -0.4 is 5.32 Å². The van der Waals surface area contributed by atoms with Crippen molar-refractivity contribution in [2.24, 2.45) is 5.92 Å². The molecule has 2 heterocycles. The molecule has 1 aliphatic heterocycles. The molecule has 76 valence electrons. The van der Waals surface area contributed by atoms with E-state index < -0.39 is 0 Å².